The fraction of sp³-hybridized carbons (Fsp3) is 0.750. The molecular weight excluding hydrogens is 247 g/mol. The van der Waals surface area contributed by atoms with Crippen LogP contribution in [0.5, 0.6) is 0 Å². The first-order chi connectivity index (χ1) is 7.73. The maximum atomic E-state index is 10.6. The van der Waals surface area contributed by atoms with E-state index in [1.54, 1.807) is 0 Å². The first kappa shape index (κ1) is 15.7. The van der Waals surface area contributed by atoms with Crippen molar-refractivity contribution >= 4 is 11.9 Å². The number of rotatable bonds is 4. The van der Waals surface area contributed by atoms with E-state index in [0.29, 0.717) is 6.61 Å². The average Bonchev–Trinajstić information content (AvgIpc) is 2.08. The number of aliphatic carboxylic acids is 2. The van der Waals surface area contributed by atoms with Crippen LogP contribution in [0.1, 0.15) is 6.42 Å². The number of hydrogen-bond acceptors (Lipinski definition) is 4. The number of nitrogens with one attached hydrogen (secondary N) is 1. The standard InChI is InChI=1S/C6H11NO3.C2HF3O2/c8-6(9)1-2-10-5-3-7-4-5;3-2(4,5)1(6)7/h5,7H,1-4H2,(H,8,9);(H,6,7). The van der Waals surface area contributed by atoms with Crippen molar-refractivity contribution in [1.29, 1.82) is 0 Å². The van der Waals surface area contributed by atoms with E-state index in [9.17, 15) is 18.0 Å². The number of carbonyl (C=O) groups is 2. The summed E-state index contributed by atoms with van der Waals surface area (Å²) in [5, 5.41) is 18.4. The Hall–Kier alpha value is -1.35. The molecule has 0 aromatic heterocycles. The first-order valence-corrected chi connectivity index (χ1v) is 4.57. The van der Waals surface area contributed by atoms with Crippen molar-refractivity contribution < 1.29 is 37.7 Å². The number of carboxylic acids is 2. The lowest BCUT2D eigenvalue weighted by Crippen LogP contribution is -2.48. The van der Waals surface area contributed by atoms with Gasteiger partial charge in [-0.2, -0.15) is 13.2 Å². The molecule has 0 bridgehead atoms. The molecule has 0 unspecified atom stereocenters. The van der Waals surface area contributed by atoms with Gasteiger partial charge in [0.2, 0.25) is 0 Å². The van der Waals surface area contributed by atoms with Crippen molar-refractivity contribution in [2.75, 3.05) is 19.7 Å². The molecule has 1 saturated heterocycles. The Labute approximate surface area is 94.4 Å². The molecule has 0 aromatic rings. The molecule has 9 heteroatoms. The van der Waals surface area contributed by atoms with E-state index in [-0.39, 0.29) is 12.5 Å². The van der Waals surface area contributed by atoms with Gasteiger partial charge in [0.1, 0.15) is 0 Å². The lowest BCUT2D eigenvalue weighted by molar-refractivity contribution is -0.192. The van der Waals surface area contributed by atoms with Crippen LogP contribution in [0.3, 0.4) is 0 Å². The van der Waals surface area contributed by atoms with Gasteiger partial charge in [0.15, 0.2) is 0 Å². The maximum absolute atomic E-state index is 10.6. The summed E-state index contributed by atoms with van der Waals surface area (Å²) in [6.45, 7) is 2.06. The largest absolute Gasteiger partial charge is 0.490 e. The van der Waals surface area contributed by atoms with Crippen LogP contribution in [0.2, 0.25) is 0 Å². The fourth-order valence-corrected chi connectivity index (χ4v) is 0.693. The number of alkyl halides is 3. The molecule has 0 atom stereocenters. The second kappa shape index (κ2) is 7.07. The van der Waals surface area contributed by atoms with Crippen LogP contribution >= 0.6 is 0 Å². The number of halogens is 3. The fourth-order valence-electron chi connectivity index (χ4n) is 0.693. The SMILES string of the molecule is O=C(O)C(F)(F)F.O=C(O)CCOC1CNC1. The van der Waals surface area contributed by atoms with Crippen LogP contribution in [0, 0.1) is 0 Å². The maximum Gasteiger partial charge on any atom is 0.490 e. The molecule has 3 N–H and O–H groups in total. The second-order valence-corrected chi connectivity index (χ2v) is 3.10. The van der Waals surface area contributed by atoms with E-state index >= 15 is 0 Å². The Balaban J connectivity index is 0.000000325. The van der Waals surface area contributed by atoms with Crippen molar-refractivity contribution in [3.05, 3.63) is 0 Å². The number of carboxylic acid groups (broad SMARTS) is 2. The minimum atomic E-state index is -5.08. The van der Waals surface area contributed by atoms with Gasteiger partial charge in [-0.3, -0.25) is 4.79 Å². The normalized spacial score (nSPS) is 15.5. The highest BCUT2D eigenvalue weighted by atomic mass is 19.4. The average molecular weight is 259 g/mol. The molecule has 0 aliphatic carbocycles. The molecule has 1 aliphatic heterocycles. The first-order valence-electron chi connectivity index (χ1n) is 4.57. The minimum absolute atomic E-state index is 0.108. The van der Waals surface area contributed by atoms with E-state index in [4.69, 9.17) is 19.7 Å². The molecule has 0 aromatic carbocycles. The lowest BCUT2D eigenvalue weighted by atomic mass is 10.2. The Kier molecular flexibility index (Phi) is 6.51. The zero-order valence-electron chi connectivity index (χ0n) is 8.66. The molecule has 17 heavy (non-hydrogen) atoms. The zero-order valence-corrected chi connectivity index (χ0v) is 8.66. The van der Waals surface area contributed by atoms with Gasteiger partial charge in [-0.25, -0.2) is 4.79 Å². The lowest BCUT2D eigenvalue weighted by Gasteiger charge is -2.26. The molecule has 1 fully saturated rings. The van der Waals surface area contributed by atoms with E-state index < -0.39 is 18.1 Å². The van der Waals surface area contributed by atoms with Gasteiger partial charge >= 0.3 is 18.1 Å². The van der Waals surface area contributed by atoms with Crippen LogP contribution in [0.15, 0.2) is 0 Å². The van der Waals surface area contributed by atoms with Crippen molar-refractivity contribution in [2.24, 2.45) is 0 Å². The van der Waals surface area contributed by atoms with Crippen molar-refractivity contribution in [2.45, 2.75) is 18.7 Å². The summed E-state index contributed by atoms with van der Waals surface area (Å²) in [4.78, 5) is 18.9. The topological polar surface area (TPSA) is 95.9 Å². The molecule has 0 spiro atoms. The van der Waals surface area contributed by atoms with Gasteiger partial charge in [-0.1, -0.05) is 0 Å². The van der Waals surface area contributed by atoms with Gasteiger partial charge in [0.25, 0.3) is 0 Å². The smallest absolute Gasteiger partial charge is 0.481 e. The van der Waals surface area contributed by atoms with Gasteiger partial charge in [-0.05, 0) is 0 Å². The quantitative estimate of drug-likeness (QED) is 0.661. The Morgan fingerprint density at radius 2 is 1.76 bits per heavy atom. The Morgan fingerprint density at radius 1 is 1.29 bits per heavy atom. The van der Waals surface area contributed by atoms with Gasteiger partial charge in [0.05, 0.1) is 19.1 Å². The summed E-state index contributed by atoms with van der Waals surface area (Å²) in [6.07, 6.45) is -4.73. The molecule has 1 aliphatic rings. The minimum Gasteiger partial charge on any atom is -0.481 e. The van der Waals surface area contributed by atoms with E-state index in [1.165, 1.54) is 0 Å². The summed E-state index contributed by atoms with van der Waals surface area (Å²) in [7, 11) is 0. The highest BCUT2D eigenvalue weighted by Crippen LogP contribution is 2.13. The van der Waals surface area contributed by atoms with Crippen molar-refractivity contribution in [3.8, 4) is 0 Å². The molecule has 1 heterocycles. The number of ether oxygens (including phenoxy) is 1. The Bertz CT molecular complexity index is 264. The molecule has 0 radical (unpaired) electrons. The summed E-state index contributed by atoms with van der Waals surface area (Å²) in [6, 6.07) is 0. The second-order valence-electron chi connectivity index (χ2n) is 3.10. The molecule has 100 valence electrons. The summed E-state index contributed by atoms with van der Waals surface area (Å²) in [5.74, 6) is -3.56. The monoisotopic (exact) mass is 259 g/mol. The van der Waals surface area contributed by atoms with Crippen LogP contribution in [0.25, 0.3) is 0 Å². The third-order valence-corrected chi connectivity index (χ3v) is 1.66. The van der Waals surface area contributed by atoms with Gasteiger partial charge in [-0.15, -0.1) is 0 Å². The van der Waals surface area contributed by atoms with E-state index in [1.807, 2.05) is 0 Å². The summed E-state index contributed by atoms with van der Waals surface area (Å²) >= 11 is 0. The van der Waals surface area contributed by atoms with Crippen LogP contribution in [-0.4, -0.2) is 54.1 Å². The molecule has 1 rings (SSSR count). The molecule has 0 amide bonds. The van der Waals surface area contributed by atoms with Gasteiger partial charge < -0.3 is 20.3 Å². The number of hydrogen-bond donors (Lipinski definition) is 3. The third-order valence-electron chi connectivity index (χ3n) is 1.66. The highest BCUT2D eigenvalue weighted by Gasteiger charge is 2.38. The van der Waals surface area contributed by atoms with Crippen molar-refractivity contribution in [3.63, 3.8) is 0 Å². The molecule has 6 nitrogen and oxygen atoms in total. The van der Waals surface area contributed by atoms with E-state index in [0.717, 1.165) is 13.1 Å². The predicted molar refractivity (Wildman–Crippen MR) is 48.6 cm³/mol. The zero-order chi connectivity index (χ0) is 13.5. The summed E-state index contributed by atoms with van der Waals surface area (Å²) < 4.78 is 36.9. The molecular formula is C8H12F3NO5. The molecule has 0 saturated carbocycles. The highest BCUT2D eigenvalue weighted by molar-refractivity contribution is 5.73. The van der Waals surface area contributed by atoms with Crippen LogP contribution in [-0.2, 0) is 14.3 Å². The van der Waals surface area contributed by atoms with Gasteiger partial charge in [0, 0.05) is 13.1 Å². The third kappa shape index (κ3) is 8.46. The van der Waals surface area contributed by atoms with Crippen molar-refractivity contribution in [1.82, 2.24) is 5.32 Å². The summed E-state index contributed by atoms with van der Waals surface area (Å²) in [5.41, 5.74) is 0. The predicted octanol–water partition coefficient (Wildman–Crippen LogP) is 0.0828. The van der Waals surface area contributed by atoms with Crippen LogP contribution in [0.4, 0.5) is 13.2 Å². The van der Waals surface area contributed by atoms with Crippen LogP contribution < -0.4 is 5.32 Å². The van der Waals surface area contributed by atoms with E-state index in [2.05, 4.69) is 5.32 Å². The Morgan fingerprint density at radius 3 is 2.00 bits per heavy atom.